The van der Waals surface area contributed by atoms with Gasteiger partial charge >= 0.3 is 0 Å². The molecule has 1 amide bonds. The molecule has 1 atom stereocenters. The summed E-state index contributed by atoms with van der Waals surface area (Å²) in [6, 6.07) is 9.10. The van der Waals surface area contributed by atoms with Gasteiger partial charge in [0, 0.05) is 16.7 Å². The minimum atomic E-state index is -0.156. The second-order valence-electron chi connectivity index (χ2n) is 4.74. The van der Waals surface area contributed by atoms with Gasteiger partial charge in [-0.2, -0.15) is 16.9 Å². The Morgan fingerprint density at radius 1 is 1.45 bits per heavy atom. The number of aliphatic hydroxyl groups excluding tert-OH is 1. The molecule has 0 aliphatic rings. The molecule has 0 aliphatic carbocycles. The highest BCUT2D eigenvalue weighted by atomic mass is 35.5. The minimum absolute atomic E-state index is 0.0529. The molecule has 0 spiro atoms. The van der Waals surface area contributed by atoms with Gasteiger partial charge in [-0.25, -0.2) is 4.68 Å². The molecule has 5 nitrogen and oxygen atoms in total. The Morgan fingerprint density at radius 2 is 2.14 bits per heavy atom. The first-order chi connectivity index (χ1) is 10.5. The third-order valence-electron chi connectivity index (χ3n) is 3.21. The summed E-state index contributed by atoms with van der Waals surface area (Å²) in [6.07, 6.45) is 1.88. The molecular formula is C15H18ClN3O2S. The van der Waals surface area contributed by atoms with Crippen LogP contribution in [0, 0.1) is 0 Å². The molecule has 1 aromatic heterocycles. The van der Waals surface area contributed by atoms with Crippen molar-refractivity contribution in [3.63, 3.8) is 0 Å². The number of hydrogen-bond donors (Lipinski definition) is 2. The maximum Gasteiger partial charge on any atom is 0.238 e. The normalized spacial score (nSPS) is 12.2. The van der Waals surface area contributed by atoms with Crippen LogP contribution in [0.3, 0.4) is 0 Å². The van der Waals surface area contributed by atoms with Crippen molar-refractivity contribution >= 4 is 35.1 Å². The summed E-state index contributed by atoms with van der Waals surface area (Å²) in [5.41, 5.74) is 1.62. The molecule has 118 valence electrons. The molecular weight excluding hydrogens is 322 g/mol. The number of nitrogens with one attached hydrogen (secondary N) is 1. The second-order valence-corrected chi connectivity index (χ2v) is 6.35. The Hall–Kier alpha value is -1.50. The van der Waals surface area contributed by atoms with Gasteiger partial charge in [0.2, 0.25) is 5.91 Å². The molecule has 0 aliphatic heterocycles. The molecule has 0 bridgehead atoms. The Labute approximate surface area is 138 Å². The number of hydrogen-bond acceptors (Lipinski definition) is 4. The van der Waals surface area contributed by atoms with Crippen molar-refractivity contribution < 1.29 is 9.90 Å². The van der Waals surface area contributed by atoms with E-state index in [4.69, 9.17) is 16.7 Å². The predicted molar refractivity (Wildman–Crippen MR) is 91.4 cm³/mol. The van der Waals surface area contributed by atoms with E-state index in [1.165, 1.54) is 11.8 Å². The lowest BCUT2D eigenvalue weighted by Gasteiger charge is -2.10. The van der Waals surface area contributed by atoms with Gasteiger partial charge in [0.1, 0.15) is 5.82 Å². The number of thioether (sulfide) groups is 1. The van der Waals surface area contributed by atoms with Crippen molar-refractivity contribution in [2.24, 2.45) is 0 Å². The average Bonchev–Trinajstić information content (AvgIpc) is 2.90. The van der Waals surface area contributed by atoms with Crippen LogP contribution in [0.4, 0.5) is 5.82 Å². The zero-order valence-corrected chi connectivity index (χ0v) is 14.0. The number of nitrogens with zero attached hydrogens (tertiary/aromatic N) is 2. The fourth-order valence-electron chi connectivity index (χ4n) is 1.88. The summed E-state index contributed by atoms with van der Waals surface area (Å²) in [6.45, 7) is 2.10. The first kappa shape index (κ1) is 16.9. The third-order valence-corrected chi connectivity index (χ3v) is 4.38. The third kappa shape index (κ3) is 4.03. The van der Waals surface area contributed by atoms with Crippen LogP contribution >= 0.6 is 23.4 Å². The standard InChI is InChI=1S/C15H18ClN3O2S/c1-10(22-2)15(21)17-14-9-13(18-19(14)7-8-20)11-3-5-12(16)6-4-11/h3-6,9-10,20H,7-8H2,1-2H3,(H,17,21). The zero-order valence-electron chi connectivity index (χ0n) is 12.4. The largest absolute Gasteiger partial charge is 0.394 e. The van der Waals surface area contributed by atoms with Gasteiger partial charge in [-0.1, -0.05) is 23.7 Å². The summed E-state index contributed by atoms with van der Waals surface area (Å²) < 4.78 is 1.59. The van der Waals surface area contributed by atoms with Crippen molar-refractivity contribution in [2.45, 2.75) is 18.7 Å². The van der Waals surface area contributed by atoms with Crippen LogP contribution in [0.25, 0.3) is 11.3 Å². The number of carbonyl (C=O) groups excluding carboxylic acids is 1. The van der Waals surface area contributed by atoms with Crippen LogP contribution in [-0.4, -0.2) is 38.9 Å². The highest BCUT2D eigenvalue weighted by Crippen LogP contribution is 2.24. The van der Waals surface area contributed by atoms with Crippen molar-refractivity contribution in [1.29, 1.82) is 0 Å². The number of anilines is 1. The molecule has 1 unspecified atom stereocenters. The van der Waals surface area contributed by atoms with E-state index >= 15 is 0 Å². The van der Waals surface area contributed by atoms with Crippen molar-refractivity contribution in [1.82, 2.24) is 9.78 Å². The summed E-state index contributed by atoms with van der Waals surface area (Å²) in [7, 11) is 0. The Bertz CT molecular complexity index is 643. The lowest BCUT2D eigenvalue weighted by Crippen LogP contribution is -2.24. The Balaban J connectivity index is 2.29. The number of aliphatic hydroxyl groups is 1. The van der Waals surface area contributed by atoms with E-state index in [0.717, 1.165) is 11.3 Å². The molecule has 2 aromatic rings. The van der Waals surface area contributed by atoms with Crippen LogP contribution in [-0.2, 0) is 11.3 Å². The maximum atomic E-state index is 12.0. The average molecular weight is 340 g/mol. The van der Waals surface area contributed by atoms with Gasteiger partial charge in [-0.15, -0.1) is 0 Å². The molecule has 2 rings (SSSR count). The van der Waals surface area contributed by atoms with Crippen molar-refractivity contribution in [3.05, 3.63) is 35.4 Å². The Morgan fingerprint density at radius 3 is 2.73 bits per heavy atom. The molecule has 2 N–H and O–H groups in total. The molecule has 1 heterocycles. The molecule has 7 heteroatoms. The summed E-state index contributed by atoms with van der Waals surface area (Å²) in [4.78, 5) is 12.0. The quantitative estimate of drug-likeness (QED) is 0.849. The first-order valence-electron chi connectivity index (χ1n) is 6.83. The maximum absolute atomic E-state index is 12.0. The smallest absolute Gasteiger partial charge is 0.238 e. The van der Waals surface area contributed by atoms with Gasteiger partial charge in [-0.3, -0.25) is 4.79 Å². The summed E-state index contributed by atoms with van der Waals surface area (Å²) in [5, 5.41) is 16.9. The van der Waals surface area contributed by atoms with E-state index in [2.05, 4.69) is 10.4 Å². The molecule has 0 radical (unpaired) electrons. The topological polar surface area (TPSA) is 67.2 Å². The van der Waals surface area contributed by atoms with E-state index in [1.807, 2.05) is 25.3 Å². The minimum Gasteiger partial charge on any atom is -0.394 e. The van der Waals surface area contributed by atoms with Gasteiger partial charge in [0.25, 0.3) is 0 Å². The number of aromatic nitrogens is 2. The summed E-state index contributed by atoms with van der Waals surface area (Å²) >= 11 is 7.36. The fraction of sp³-hybridized carbons (Fsp3) is 0.333. The number of carbonyl (C=O) groups is 1. The van der Waals surface area contributed by atoms with Crippen LogP contribution in [0.15, 0.2) is 30.3 Å². The van der Waals surface area contributed by atoms with Gasteiger partial charge < -0.3 is 10.4 Å². The van der Waals surface area contributed by atoms with Gasteiger partial charge in [-0.05, 0) is 25.3 Å². The van der Waals surface area contributed by atoms with Crippen LogP contribution in [0.2, 0.25) is 5.02 Å². The van der Waals surface area contributed by atoms with Crippen LogP contribution < -0.4 is 5.32 Å². The van der Waals surface area contributed by atoms with Gasteiger partial charge in [0.15, 0.2) is 0 Å². The monoisotopic (exact) mass is 339 g/mol. The van der Waals surface area contributed by atoms with E-state index < -0.39 is 0 Å². The highest BCUT2D eigenvalue weighted by molar-refractivity contribution is 7.99. The number of halogens is 1. The second kappa shape index (κ2) is 7.67. The van der Waals surface area contributed by atoms with E-state index in [-0.39, 0.29) is 17.8 Å². The number of rotatable bonds is 6. The van der Waals surface area contributed by atoms with E-state index in [9.17, 15) is 4.79 Å². The lowest BCUT2D eigenvalue weighted by molar-refractivity contribution is -0.115. The van der Waals surface area contributed by atoms with Crippen LogP contribution in [0.5, 0.6) is 0 Å². The lowest BCUT2D eigenvalue weighted by atomic mass is 10.1. The highest BCUT2D eigenvalue weighted by Gasteiger charge is 2.16. The predicted octanol–water partition coefficient (Wildman–Crippen LogP) is 2.89. The van der Waals surface area contributed by atoms with Crippen molar-refractivity contribution in [3.8, 4) is 11.3 Å². The SMILES string of the molecule is CSC(C)C(=O)Nc1cc(-c2ccc(Cl)cc2)nn1CCO. The van der Waals surface area contributed by atoms with Crippen molar-refractivity contribution in [2.75, 3.05) is 18.2 Å². The van der Waals surface area contributed by atoms with E-state index in [0.29, 0.717) is 17.4 Å². The molecule has 0 saturated carbocycles. The molecule has 22 heavy (non-hydrogen) atoms. The summed E-state index contributed by atoms with van der Waals surface area (Å²) in [5.74, 6) is 0.485. The van der Waals surface area contributed by atoms with Crippen LogP contribution in [0.1, 0.15) is 6.92 Å². The zero-order chi connectivity index (χ0) is 16.1. The molecule has 1 aromatic carbocycles. The molecule has 0 saturated heterocycles. The van der Waals surface area contributed by atoms with E-state index in [1.54, 1.807) is 22.9 Å². The Kier molecular flexibility index (Phi) is 5.88. The fourth-order valence-corrected chi connectivity index (χ4v) is 2.28. The first-order valence-corrected chi connectivity index (χ1v) is 8.50. The molecule has 0 fully saturated rings. The van der Waals surface area contributed by atoms with Gasteiger partial charge in [0.05, 0.1) is 24.1 Å². The number of benzene rings is 1. The number of amides is 1.